The van der Waals surface area contributed by atoms with Gasteiger partial charge in [0.15, 0.2) is 0 Å². The van der Waals surface area contributed by atoms with Gasteiger partial charge in [-0.05, 0) is 72.7 Å². The molecule has 6 aromatic rings. The summed E-state index contributed by atoms with van der Waals surface area (Å²) in [7, 11) is 0. The molecule has 1 aliphatic rings. The van der Waals surface area contributed by atoms with E-state index in [1.807, 2.05) is 97.4 Å². The second-order valence-corrected chi connectivity index (χ2v) is 13.7. The molecule has 0 atom stereocenters. The number of fused-ring (bicyclic) bond motifs is 5. The lowest BCUT2D eigenvalue weighted by Gasteiger charge is -2.28. The first kappa shape index (κ1) is 36.6. The number of allylic oxidation sites excluding steroid dienone is 1. The number of para-hydroxylation sites is 1. The van der Waals surface area contributed by atoms with Crippen LogP contribution >= 0.6 is 11.8 Å². The van der Waals surface area contributed by atoms with Crippen molar-refractivity contribution in [1.82, 2.24) is 30.1 Å². The predicted octanol–water partition coefficient (Wildman–Crippen LogP) is 7.44. The first-order valence-corrected chi connectivity index (χ1v) is 18.9. The largest absolute Gasteiger partial charge is 0.481 e. The molecule has 0 aliphatic carbocycles. The lowest BCUT2D eigenvalue weighted by molar-refractivity contribution is -0.137. The molecule has 0 unspecified atom stereocenters. The third kappa shape index (κ3) is 8.09. The molecule has 55 heavy (non-hydrogen) atoms. The van der Waals surface area contributed by atoms with E-state index in [1.165, 1.54) is 17.8 Å². The summed E-state index contributed by atoms with van der Waals surface area (Å²) in [5.74, 6) is -1.19. The smallest absolute Gasteiger partial charge is 0.303 e. The highest BCUT2D eigenvalue weighted by atomic mass is 32.2. The molecule has 3 heterocycles. The summed E-state index contributed by atoms with van der Waals surface area (Å²) in [4.78, 5) is 40.5. The Labute approximate surface area is 321 Å². The van der Waals surface area contributed by atoms with Crippen LogP contribution in [0.25, 0.3) is 38.7 Å². The van der Waals surface area contributed by atoms with Gasteiger partial charge >= 0.3 is 5.97 Å². The molecule has 12 nitrogen and oxygen atoms in total. The van der Waals surface area contributed by atoms with Gasteiger partial charge in [-0.3, -0.25) is 14.4 Å². The quantitative estimate of drug-likeness (QED) is 0.0959. The van der Waals surface area contributed by atoms with Crippen molar-refractivity contribution < 1.29 is 19.5 Å². The molecule has 7 rings (SSSR count). The summed E-state index contributed by atoms with van der Waals surface area (Å²) in [6, 6.07) is 32.6. The summed E-state index contributed by atoms with van der Waals surface area (Å²) < 4.78 is 3.42. The SMILES string of the molecule is CS/C(=C/C#N)c1ccc(-n2cc(CNC(=O)c3ccc(-n4cc5c(n4)-c4ccccc4CN(C(=O)CCCCC(=O)O)c4ccccc4-5)cc3)nn2)cc1. The van der Waals surface area contributed by atoms with E-state index in [9.17, 15) is 14.4 Å². The molecule has 13 heteroatoms. The second kappa shape index (κ2) is 16.5. The number of rotatable bonds is 12. The van der Waals surface area contributed by atoms with Gasteiger partial charge in [0.2, 0.25) is 5.91 Å². The molecular formula is C42H36N8O4S. The van der Waals surface area contributed by atoms with Crippen LogP contribution in [0, 0.1) is 11.3 Å². The Hall–Kier alpha value is -6.78. The van der Waals surface area contributed by atoms with Crippen molar-refractivity contribution in [2.75, 3.05) is 11.2 Å². The van der Waals surface area contributed by atoms with Crippen LogP contribution in [0.15, 0.2) is 116 Å². The minimum absolute atomic E-state index is 0.0336. The minimum Gasteiger partial charge on any atom is -0.481 e. The number of carboxylic acid groups (broad SMARTS) is 1. The normalized spacial score (nSPS) is 12.1. The topological polar surface area (TPSA) is 159 Å². The average Bonchev–Trinajstić information content (AvgIpc) is 3.87. The van der Waals surface area contributed by atoms with Crippen molar-refractivity contribution in [1.29, 1.82) is 5.26 Å². The molecule has 0 saturated heterocycles. The lowest BCUT2D eigenvalue weighted by atomic mass is 9.93. The first-order valence-electron chi connectivity index (χ1n) is 17.7. The van der Waals surface area contributed by atoms with E-state index in [-0.39, 0.29) is 31.2 Å². The molecule has 0 bridgehead atoms. The van der Waals surface area contributed by atoms with E-state index < -0.39 is 5.97 Å². The van der Waals surface area contributed by atoms with Crippen LogP contribution in [0.4, 0.5) is 5.69 Å². The second-order valence-electron chi connectivity index (χ2n) is 12.9. The number of aliphatic carboxylic acids is 1. The Morgan fingerprint density at radius 2 is 1.51 bits per heavy atom. The number of hydrogen-bond donors (Lipinski definition) is 2. The fourth-order valence-corrected chi connectivity index (χ4v) is 7.08. The molecular weight excluding hydrogens is 713 g/mol. The van der Waals surface area contributed by atoms with Crippen LogP contribution in [-0.4, -0.2) is 53.9 Å². The van der Waals surface area contributed by atoms with Gasteiger partial charge in [-0.2, -0.15) is 10.4 Å². The first-order chi connectivity index (χ1) is 26.8. The Morgan fingerprint density at radius 1 is 0.836 bits per heavy atom. The van der Waals surface area contributed by atoms with Crippen LogP contribution in [0.1, 0.15) is 52.9 Å². The number of nitrogens with zero attached hydrogens (tertiary/aromatic N) is 7. The van der Waals surface area contributed by atoms with E-state index in [4.69, 9.17) is 15.5 Å². The number of benzene rings is 4. The van der Waals surface area contributed by atoms with Crippen molar-refractivity contribution in [3.63, 3.8) is 0 Å². The summed E-state index contributed by atoms with van der Waals surface area (Å²) in [5, 5.41) is 34.4. The minimum atomic E-state index is -0.866. The molecule has 4 aromatic carbocycles. The Morgan fingerprint density at radius 3 is 2.24 bits per heavy atom. The summed E-state index contributed by atoms with van der Waals surface area (Å²) in [6.07, 6.45) is 8.36. The molecule has 0 saturated carbocycles. The summed E-state index contributed by atoms with van der Waals surface area (Å²) >= 11 is 1.50. The molecule has 0 radical (unpaired) electrons. The highest BCUT2D eigenvalue weighted by molar-refractivity contribution is 8.07. The highest BCUT2D eigenvalue weighted by Gasteiger charge is 2.27. The number of nitrogens with one attached hydrogen (secondary N) is 1. The van der Waals surface area contributed by atoms with Crippen LogP contribution in [-0.2, 0) is 22.7 Å². The molecule has 274 valence electrons. The fourth-order valence-electron chi connectivity index (χ4n) is 6.53. The maximum Gasteiger partial charge on any atom is 0.303 e. The van der Waals surface area contributed by atoms with Gasteiger partial charge in [-0.25, -0.2) is 9.36 Å². The number of hydrogen-bond acceptors (Lipinski definition) is 8. The van der Waals surface area contributed by atoms with E-state index in [1.54, 1.807) is 32.6 Å². The van der Waals surface area contributed by atoms with E-state index in [2.05, 4.69) is 21.7 Å². The zero-order chi connectivity index (χ0) is 38.3. The number of carboxylic acids is 1. The van der Waals surface area contributed by atoms with Crippen molar-refractivity contribution in [2.24, 2.45) is 0 Å². The van der Waals surface area contributed by atoms with Crippen LogP contribution in [0.2, 0.25) is 0 Å². The molecule has 1 aliphatic heterocycles. The van der Waals surface area contributed by atoms with Crippen molar-refractivity contribution in [3.8, 4) is 39.8 Å². The summed E-state index contributed by atoms with van der Waals surface area (Å²) in [5.41, 5.74) is 8.69. The van der Waals surface area contributed by atoms with E-state index in [0.717, 1.165) is 55.5 Å². The predicted molar refractivity (Wildman–Crippen MR) is 211 cm³/mol. The van der Waals surface area contributed by atoms with Gasteiger partial charge in [-0.15, -0.1) is 16.9 Å². The molecule has 0 spiro atoms. The molecule has 2 N–H and O–H groups in total. The Balaban J connectivity index is 1.07. The van der Waals surface area contributed by atoms with Gasteiger partial charge in [0.25, 0.3) is 5.91 Å². The number of nitriles is 1. The maximum atomic E-state index is 13.7. The number of unbranched alkanes of at least 4 members (excludes halogenated alkanes) is 1. The average molecular weight is 749 g/mol. The number of thioether (sulfide) groups is 1. The Kier molecular flexibility index (Phi) is 11.0. The van der Waals surface area contributed by atoms with Gasteiger partial charge in [0.1, 0.15) is 11.4 Å². The third-order valence-corrected chi connectivity index (χ3v) is 10.1. The van der Waals surface area contributed by atoms with Crippen molar-refractivity contribution >= 4 is 40.1 Å². The van der Waals surface area contributed by atoms with Crippen LogP contribution in [0.3, 0.4) is 0 Å². The summed E-state index contributed by atoms with van der Waals surface area (Å²) in [6.45, 7) is 0.540. The van der Waals surface area contributed by atoms with Gasteiger partial charge in [0.05, 0.1) is 42.4 Å². The highest BCUT2D eigenvalue weighted by Crippen LogP contribution is 2.42. The fraction of sp³-hybridized carbons (Fsp3) is 0.167. The number of anilines is 1. The van der Waals surface area contributed by atoms with Crippen LogP contribution in [0.5, 0.6) is 0 Å². The standard InChI is InChI=1S/C42H36N8O4S/c1-55-38(22-23-43)28-14-18-33(19-15-28)50-26-31(45-47-50)24-44-42(54)29-16-20-32(21-17-29)49-27-36-35-10-4-5-11-37(35)48(39(51)12-6-7-13-40(52)53)25-30-8-2-3-9-34(30)41(36)46-49/h2-5,8-11,14-22,26-27H,6-7,12-13,24-25H2,1H3,(H,44,54)(H,52,53)/b38-22+. The van der Waals surface area contributed by atoms with Crippen LogP contribution < -0.4 is 10.2 Å². The molecule has 2 amide bonds. The van der Waals surface area contributed by atoms with Gasteiger partial charge < -0.3 is 15.3 Å². The van der Waals surface area contributed by atoms with Crippen molar-refractivity contribution in [3.05, 3.63) is 138 Å². The Bertz CT molecular complexity index is 2440. The number of amides is 2. The number of carbonyl (C=O) groups excluding carboxylic acids is 2. The van der Waals surface area contributed by atoms with E-state index in [0.29, 0.717) is 30.6 Å². The van der Waals surface area contributed by atoms with Crippen molar-refractivity contribution in [2.45, 2.75) is 38.8 Å². The third-order valence-electron chi connectivity index (χ3n) is 9.33. The maximum absolute atomic E-state index is 13.7. The van der Waals surface area contributed by atoms with Gasteiger partial charge in [0, 0.05) is 52.3 Å². The van der Waals surface area contributed by atoms with Gasteiger partial charge in [-0.1, -0.05) is 59.8 Å². The zero-order valence-electron chi connectivity index (χ0n) is 29.9. The lowest BCUT2D eigenvalue weighted by Crippen LogP contribution is -2.31. The number of carbonyl (C=O) groups is 3. The number of aromatic nitrogens is 5. The molecule has 2 aromatic heterocycles. The van der Waals surface area contributed by atoms with E-state index >= 15 is 0 Å². The molecule has 0 fully saturated rings. The monoisotopic (exact) mass is 748 g/mol. The zero-order valence-corrected chi connectivity index (χ0v) is 30.7.